The number of fused-ring (bicyclic) bond motifs is 1. The molecule has 5 nitrogen and oxygen atoms in total. The van der Waals surface area contributed by atoms with Crippen LogP contribution in [0.15, 0.2) is 72.1 Å². The fourth-order valence-electron chi connectivity index (χ4n) is 4.23. The molecule has 2 aromatic heterocycles. The molecule has 36 heavy (non-hydrogen) atoms. The first-order valence-electron chi connectivity index (χ1n) is 11.3. The molecular formula is C28H22Cl2N2O3S. The minimum atomic E-state index is -0.868. The second-order valence-electron chi connectivity index (χ2n) is 8.47. The Kier molecular flexibility index (Phi) is 7.01. The van der Waals surface area contributed by atoms with Crippen LogP contribution in [0.25, 0.3) is 21.5 Å². The van der Waals surface area contributed by atoms with Crippen LogP contribution in [-0.4, -0.2) is 20.6 Å². The Morgan fingerprint density at radius 1 is 1.03 bits per heavy atom. The lowest BCUT2D eigenvalue weighted by Crippen LogP contribution is -2.05. The van der Waals surface area contributed by atoms with E-state index >= 15 is 0 Å². The van der Waals surface area contributed by atoms with Crippen LogP contribution in [0.1, 0.15) is 22.5 Å². The Morgan fingerprint density at radius 3 is 2.42 bits per heavy atom. The summed E-state index contributed by atoms with van der Waals surface area (Å²) in [6.45, 7) is 2.89. The summed E-state index contributed by atoms with van der Waals surface area (Å²) in [6.07, 6.45) is -0.0596. The maximum Gasteiger partial charge on any atom is 0.307 e. The topological polar surface area (TPSA) is 64.3 Å². The molecular weight excluding hydrogens is 515 g/mol. The molecule has 0 aliphatic heterocycles. The number of nitrogens with zero attached hydrogens (tertiary/aromatic N) is 2. The maximum atomic E-state index is 11.6. The van der Waals surface area contributed by atoms with Crippen molar-refractivity contribution in [1.29, 1.82) is 0 Å². The van der Waals surface area contributed by atoms with Gasteiger partial charge < -0.3 is 14.4 Å². The molecule has 0 fully saturated rings. The molecule has 0 saturated carbocycles. The third-order valence-electron chi connectivity index (χ3n) is 6.04. The van der Waals surface area contributed by atoms with Crippen molar-refractivity contribution < 1.29 is 14.6 Å². The number of carboxylic acids is 1. The summed E-state index contributed by atoms with van der Waals surface area (Å²) in [5.74, 6) is -0.203. The highest BCUT2D eigenvalue weighted by Gasteiger charge is 2.18. The quantitative estimate of drug-likeness (QED) is 0.221. The SMILES string of the molecule is Cc1c(CC(=O)O)c2cc(OCc3csc(-c4ccc(Cl)cc4)n3)ccc2n1Cc1ccc(Cl)cc1. The van der Waals surface area contributed by atoms with Gasteiger partial charge in [-0.05, 0) is 60.5 Å². The molecule has 0 aliphatic rings. The molecule has 8 heteroatoms. The van der Waals surface area contributed by atoms with Gasteiger partial charge in [0, 0.05) is 44.1 Å². The number of rotatable bonds is 8. The first kappa shape index (κ1) is 24.4. The van der Waals surface area contributed by atoms with Crippen LogP contribution in [-0.2, 0) is 24.4 Å². The molecule has 0 bridgehead atoms. The number of aromatic nitrogens is 2. The van der Waals surface area contributed by atoms with E-state index in [1.165, 1.54) is 0 Å². The lowest BCUT2D eigenvalue weighted by molar-refractivity contribution is -0.136. The molecule has 0 saturated heterocycles. The largest absolute Gasteiger partial charge is 0.487 e. The third kappa shape index (κ3) is 5.26. The van der Waals surface area contributed by atoms with Crippen molar-refractivity contribution in [3.05, 3.63) is 105 Å². The fraction of sp³-hybridized carbons (Fsp3) is 0.143. The first-order valence-corrected chi connectivity index (χ1v) is 12.9. The normalized spacial score (nSPS) is 11.2. The zero-order valence-electron chi connectivity index (χ0n) is 19.4. The van der Waals surface area contributed by atoms with Crippen LogP contribution in [0.2, 0.25) is 10.0 Å². The zero-order chi connectivity index (χ0) is 25.2. The van der Waals surface area contributed by atoms with Crippen LogP contribution >= 0.6 is 34.5 Å². The predicted octanol–water partition coefficient (Wildman–Crippen LogP) is 7.63. The highest BCUT2D eigenvalue weighted by Crippen LogP contribution is 2.32. The monoisotopic (exact) mass is 536 g/mol. The molecule has 182 valence electrons. The van der Waals surface area contributed by atoms with Crippen molar-refractivity contribution in [3.8, 4) is 16.3 Å². The average molecular weight is 537 g/mol. The fourth-order valence-corrected chi connectivity index (χ4v) is 5.29. The van der Waals surface area contributed by atoms with Crippen LogP contribution in [0.3, 0.4) is 0 Å². The second kappa shape index (κ2) is 10.3. The van der Waals surface area contributed by atoms with E-state index in [4.69, 9.17) is 27.9 Å². The van der Waals surface area contributed by atoms with E-state index in [0.717, 1.165) is 44.0 Å². The number of hydrogen-bond acceptors (Lipinski definition) is 4. The Bertz CT molecular complexity index is 1540. The van der Waals surface area contributed by atoms with Crippen LogP contribution in [0, 0.1) is 6.92 Å². The van der Waals surface area contributed by atoms with E-state index in [2.05, 4.69) is 9.55 Å². The number of ether oxygens (including phenoxy) is 1. The Balaban J connectivity index is 1.40. The molecule has 0 unspecified atom stereocenters. The highest BCUT2D eigenvalue weighted by molar-refractivity contribution is 7.13. The Morgan fingerprint density at radius 2 is 1.72 bits per heavy atom. The Hall–Kier alpha value is -3.32. The summed E-state index contributed by atoms with van der Waals surface area (Å²) in [6, 6.07) is 21.1. The van der Waals surface area contributed by atoms with Crippen LogP contribution in [0.5, 0.6) is 5.75 Å². The second-order valence-corrected chi connectivity index (χ2v) is 10.2. The van der Waals surface area contributed by atoms with Gasteiger partial charge in [0.05, 0.1) is 12.1 Å². The van der Waals surface area contributed by atoms with Gasteiger partial charge in [-0.1, -0.05) is 47.5 Å². The highest BCUT2D eigenvalue weighted by atomic mass is 35.5. The van der Waals surface area contributed by atoms with Gasteiger partial charge in [-0.25, -0.2) is 4.98 Å². The number of benzene rings is 3. The summed E-state index contributed by atoms with van der Waals surface area (Å²) in [5, 5.41) is 14.7. The smallest absolute Gasteiger partial charge is 0.307 e. The van der Waals surface area contributed by atoms with Crippen LogP contribution < -0.4 is 4.74 Å². The van der Waals surface area contributed by atoms with E-state index in [-0.39, 0.29) is 6.42 Å². The third-order valence-corrected chi connectivity index (χ3v) is 7.48. The van der Waals surface area contributed by atoms with E-state index < -0.39 is 5.97 Å². The predicted molar refractivity (Wildman–Crippen MR) is 145 cm³/mol. The standard InChI is InChI=1S/C28H22Cl2N2O3S/c1-17-24(13-27(33)34)25-12-23(10-11-26(25)32(17)14-18-2-6-20(29)7-3-18)35-15-22-16-36-28(31-22)19-4-8-21(30)9-5-19/h2-12,16H,13-15H2,1H3,(H,33,34). The van der Waals surface area contributed by atoms with Gasteiger partial charge in [0.15, 0.2) is 0 Å². The number of aliphatic carboxylic acids is 1. The zero-order valence-corrected chi connectivity index (χ0v) is 21.7. The van der Waals surface area contributed by atoms with Crippen molar-refractivity contribution in [2.75, 3.05) is 0 Å². The molecule has 5 aromatic rings. The molecule has 5 rings (SSSR count). The minimum absolute atomic E-state index is 0.0596. The lowest BCUT2D eigenvalue weighted by atomic mass is 10.1. The molecule has 0 amide bonds. The van der Waals surface area contributed by atoms with Gasteiger partial charge in [-0.15, -0.1) is 11.3 Å². The molecule has 0 spiro atoms. The number of carboxylic acid groups (broad SMARTS) is 1. The van der Waals surface area contributed by atoms with Crippen LogP contribution in [0.4, 0.5) is 0 Å². The van der Waals surface area contributed by atoms with Crippen molar-refractivity contribution in [1.82, 2.24) is 9.55 Å². The van der Waals surface area contributed by atoms with Crippen molar-refractivity contribution in [2.24, 2.45) is 0 Å². The number of hydrogen-bond donors (Lipinski definition) is 1. The molecule has 1 N–H and O–H groups in total. The van der Waals surface area contributed by atoms with Crippen molar-refractivity contribution >= 4 is 51.4 Å². The number of thiazole rings is 1. The summed E-state index contributed by atoms with van der Waals surface area (Å²) in [7, 11) is 0. The summed E-state index contributed by atoms with van der Waals surface area (Å²) < 4.78 is 8.20. The van der Waals surface area contributed by atoms with Crippen molar-refractivity contribution in [2.45, 2.75) is 26.5 Å². The molecule has 0 aliphatic carbocycles. The van der Waals surface area contributed by atoms with Gasteiger partial charge in [0.2, 0.25) is 0 Å². The van der Waals surface area contributed by atoms with E-state index in [1.54, 1.807) is 11.3 Å². The molecule has 0 atom stereocenters. The van der Waals surface area contributed by atoms with E-state index in [1.807, 2.05) is 79.0 Å². The summed E-state index contributed by atoms with van der Waals surface area (Å²) in [5.41, 5.74) is 5.59. The van der Waals surface area contributed by atoms with E-state index in [0.29, 0.717) is 28.9 Å². The number of halogens is 2. The van der Waals surface area contributed by atoms with E-state index in [9.17, 15) is 9.90 Å². The van der Waals surface area contributed by atoms with Gasteiger partial charge in [-0.3, -0.25) is 4.79 Å². The van der Waals surface area contributed by atoms with Gasteiger partial charge >= 0.3 is 5.97 Å². The molecule has 3 aromatic carbocycles. The van der Waals surface area contributed by atoms with Gasteiger partial charge in [-0.2, -0.15) is 0 Å². The van der Waals surface area contributed by atoms with Gasteiger partial charge in [0.25, 0.3) is 0 Å². The minimum Gasteiger partial charge on any atom is -0.487 e. The van der Waals surface area contributed by atoms with Gasteiger partial charge in [0.1, 0.15) is 17.4 Å². The molecule has 2 heterocycles. The lowest BCUT2D eigenvalue weighted by Gasteiger charge is -2.10. The average Bonchev–Trinajstić information content (AvgIpc) is 3.43. The summed E-state index contributed by atoms with van der Waals surface area (Å²) >= 11 is 13.6. The molecule has 0 radical (unpaired) electrons. The number of carbonyl (C=O) groups is 1. The summed E-state index contributed by atoms with van der Waals surface area (Å²) in [4.78, 5) is 16.3. The van der Waals surface area contributed by atoms with Crippen molar-refractivity contribution in [3.63, 3.8) is 0 Å². The first-order chi connectivity index (χ1) is 17.4. The maximum absolute atomic E-state index is 11.6. The Labute approximate surface area is 222 Å².